The summed E-state index contributed by atoms with van der Waals surface area (Å²) in [6, 6.07) is 7.68. The number of anilines is 1. The molecule has 0 saturated carbocycles. The van der Waals surface area contributed by atoms with E-state index in [4.69, 9.17) is 0 Å². The molecule has 2 aromatic rings. The molecule has 0 radical (unpaired) electrons. The van der Waals surface area contributed by atoms with Gasteiger partial charge >= 0.3 is 6.03 Å². The van der Waals surface area contributed by atoms with E-state index in [1.807, 2.05) is 44.2 Å². The van der Waals surface area contributed by atoms with Gasteiger partial charge in [0.25, 0.3) is 0 Å². The highest BCUT2D eigenvalue weighted by molar-refractivity contribution is 6.19. The van der Waals surface area contributed by atoms with Gasteiger partial charge in [0, 0.05) is 29.9 Å². The van der Waals surface area contributed by atoms with Crippen molar-refractivity contribution in [3.63, 3.8) is 0 Å². The van der Waals surface area contributed by atoms with Crippen LogP contribution in [0.4, 0.5) is 10.5 Å². The van der Waals surface area contributed by atoms with Crippen molar-refractivity contribution in [1.29, 1.82) is 5.26 Å². The van der Waals surface area contributed by atoms with Crippen LogP contribution < -0.4 is 10.6 Å². The lowest BCUT2D eigenvalue weighted by molar-refractivity contribution is 0.253. The lowest BCUT2D eigenvalue weighted by atomic mass is 9.95. The minimum absolute atomic E-state index is 0.0336. The van der Waals surface area contributed by atoms with Gasteiger partial charge in [-0.05, 0) is 49.8 Å². The van der Waals surface area contributed by atoms with Crippen LogP contribution in [-0.2, 0) is 0 Å². The first kappa shape index (κ1) is 17.6. The molecule has 2 heterocycles. The molecule has 0 bridgehead atoms. The van der Waals surface area contributed by atoms with Gasteiger partial charge in [0.15, 0.2) is 5.82 Å². The molecular formula is C21H18N6O. The molecule has 4 rings (SSSR count). The van der Waals surface area contributed by atoms with E-state index in [9.17, 15) is 10.1 Å². The Labute approximate surface area is 162 Å². The van der Waals surface area contributed by atoms with Crippen molar-refractivity contribution in [2.45, 2.75) is 25.8 Å². The number of nitrogens with one attached hydrogen (secondary N) is 2. The Hall–Kier alpha value is -3.79. The van der Waals surface area contributed by atoms with E-state index < -0.39 is 0 Å². The molecule has 1 aliphatic heterocycles. The monoisotopic (exact) mass is 370 g/mol. The number of allylic oxidation sites excluding steroid dienone is 3. The second-order valence-electron chi connectivity index (χ2n) is 6.90. The van der Waals surface area contributed by atoms with Gasteiger partial charge in [-0.2, -0.15) is 10.3 Å². The zero-order valence-electron chi connectivity index (χ0n) is 15.5. The first-order valence-corrected chi connectivity index (χ1v) is 8.96. The lowest BCUT2D eigenvalue weighted by Gasteiger charge is -2.14. The van der Waals surface area contributed by atoms with Crippen LogP contribution in [0, 0.1) is 11.3 Å². The second-order valence-corrected chi connectivity index (χ2v) is 6.90. The predicted octanol–water partition coefficient (Wildman–Crippen LogP) is 3.54. The Bertz CT molecular complexity index is 1070. The molecule has 1 atom stereocenters. The number of aliphatic imine (C=N–C) groups is 1. The van der Waals surface area contributed by atoms with Crippen LogP contribution in [-0.4, -0.2) is 27.8 Å². The SMILES string of the molecule is CC(C)Nc1ccc(-c2ncc(C3C=CC4=NC(=O)NC4=C3)cn2)cc1C#N. The van der Waals surface area contributed by atoms with E-state index in [-0.39, 0.29) is 18.0 Å². The summed E-state index contributed by atoms with van der Waals surface area (Å²) in [5.74, 6) is 0.522. The fraction of sp³-hybridized carbons (Fsp3) is 0.190. The maximum Gasteiger partial charge on any atom is 0.346 e. The zero-order valence-corrected chi connectivity index (χ0v) is 15.5. The summed E-state index contributed by atoms with van der Waals surface area (Å²) in [7, 11) is 0. The number of nitrogens with zero attached hydrogens (tertiary/aromatic N) is 4. The van der Waals surface area contributed by atoms with Gasteiger partial charge in [0.05, 0.1) is 22.7 Å². The summed E-state index contributed by atoms with van der Waals surface area (Å²) in [5, 5.41) is 15.4. The normalized spacial score (nSPS) is 17.5. The number of benzene rings is 1. The van der Waals surface area contributed by atoms with Crippen LogP contribution >= 0.6 is 0 Å². The van der Waals surface area contributed by atoms with Crippen molar-refractivity contribution in [2.24, 2.45) is 4.99 Å². The first-order chi connectivity index (χ1) is 13.5. The maximum absolute atomic E-state index is 11.4. The molecule has 2 aliphatic rings. The van der Waals surface area contributed by atoms with Gasteiger partial charge in [-0.3, -0.25) is 0 Å². The molecule has 1 aliphatic carbocycles. The molecule has 0 saturated heterocycles. The van der Waals surface area contributed by atoms with E-state index in [1.54, 1.807) is 18.5 Å². The highest BCUT2D eigenvalue weighted by Crippen LogP contribution is 2.27. The standard InChI is InChI=1S/C21H18N6O/c1-12(2)25-17-5-4-14(7-15(17)9-22)20-23-10-16(11-24-20)13-3-6-18-19(8-13)27-21(28)26-18/h3-8,10-13,25H,1-2H3,(H,27,28). The van der Waals surface area contributed by atoms with Crippen molar-refractivity contribution in [3.8, 4) is 17.5 Å². The number of hydrogen-bond acceptors (Lipinski definition) is 5. The third kappa shape index (κ3) is 3.40. The summed E-state index contributed by atoms with van der Waals surface area (Å²) in [5.41, 5.74) is 4.42. The molecular weight excluding hydrogens is 352 g/mol. The third-order valence-electron chi connectivity index (χ3n) is 4.45. The zero-order chi connectivity index (χ0) is 19.7. The van der Waals surface area contributed by atoms with Gasteiger partial charge < -0.3 is 10.6 Å². The van der Waals surface area contributed by atoms with Crippen LogP contribution in [0.3, 0.4) is 0 Å². The van der Waals surface area contributed by atoms with Crippen LogP contribution in [0.15, 0.2) is 59.5 Å². The van der Waals surface area contributed by atoms with Crippen LogP contribution in [0.2, 0.25) is 0 Å². The molecule has 1 unspecified atom stereocenters. The Balaban J connectivity index is 1.58. The van der Waals surface area contributed by atoms with E-state index in [2.05, 4.69) is 31.7 Å². The predicted molar refractivity (Wildman–Crippen MR) is 107 cm³/mol. The number of hydrogen-bond donors (Lipinski definition) is 2. The highest BCUT2D eigenvalue weighted by Gasteiger charge is 2.22. The number of rotatable bonds is 4. The van der Waals surface area contributed by atoms with Gasteiger partial charge in [-0.1, -0.05) is 6.08 Å². The number of carbonyl (C=O) groups is 1. The average Bonchev–Trinajstić information content (AvgIpc) is 3.07. The van der Waals surface area contributed by atoms with E-state index in [1.165, 1.54) is 0 Å². The van der Waals surface area contributed by atoms with E-state index in [0.717, 1.165) is 16.8 Å². The summed E-state index contributed by atoms with van der Waals surface area (Å²) < 4.78 is 0. The summed E-state index contributed by atoms with van der Waals surface area (Å²) in [4.78, 5) is 24.2. The third-order valence-corrected chi connectivity index (χ3v) is 4.45. The Morgan fingerprint density at radius 3 is 2.75 bits per heavy atom. The summed E-state index contributed by atoms with van der Waals surface area (Å²) in [6.45, 7) is 4.05. The van der Waals surface area contributed by atoms with Gasteiger partial charge in [0.2, 0.25) is 0 Å². The number of nitriles is 1. The first-order valence-electron chi connectivity index (χ1n) is 8.96. The lowest BCUT2D eigenvalue weighted by Crippen LogP contribution is -2.17. The van der Waals surface area contributed by atoms with Crippen molar-refractivity contribution in [2.75, 3.05) is 5.32 Å². The maximum atomic E-state index is 11.4. The summed E-state index contributed by atoms with van der Waals surface area (Å²) in [6.07, 6.45) is 9.24. The van der Waals surface area contributed by atoms with Crippen molar-refractivity contribution in [1.82, 2.24) is 15.3 Å². The van der Waals surface area contributed by atoms with Crippen molar-refractivity contribution < 1.29 is 4.79 Å². The molecule has 28 heavy (non-hydrogen) atoms. The molecule has 2 amide bonds. The Kier molecular flexibility index (Phi) is 4.45. The molecule has 2 N–H and O–H groups in total. The summed E-state index contributed by atoms with van der Waals surface area (Å²) >= 11 is 0. The molecule has 0 fully saturated rings. The quantitative estimate of drug-likeness (QED) is 0.857. The number of aromatic nitrogens is 2. The Morgan fingerprint density at radius 1 is 1.25 bits per heavy atom. The molecule has 1 aromatic carbocycles. The molecule has 7 nitrogen and oxygen atoms in total. The topological polar surface area (TPSA) is 103 Å². The molecule has 1 aromatic heterocycles. The van der Waals surface area contributed by atoms with Crippen LogP contribution in [0.25, 0.3) is 11.4 Å². The van der Waals surface area contributed by atoms with E-state index in [0.29, 0.717) is 22.8 Å². The smallest absolute Gasteiger partial charge is 0.346 e. The number of carbonyl (C=O) groups excluding carboxylic acids is 1. The average molecular weight is 370 g/mol. The number of urea groups is 1. The highest BCUT2D eigenvalue weighted by atomic mass is 16.2. The minimum Gasteiger partial charge on any atom is -0.382 e. The fourth-order valence-electron chi connectivity index (χ4n) is 3.14. The molecule has 0 spiro atoms. The van der Waals surface area contributed by atoms with Crippen molar-refractivity contribution >= 4 is 17.4 Å². The van der Waals surface area contributed by atoms with E-state index >= 15 is 0 Å². The van der Waals surface area contributed by atoms with Crippen LogP contribution in [0.1, 0.15) is 30.9 Å². The molecule has 7 heteroatoms. The molecule has 138 valence electrons. The second kappa shape index (κ2) is 7.08. The van der Waals surface area contributed by atoms with Gasteiger partial charge in [-0.15, -0.1) is 0 Å². The Morgan fingerprint density at radius 2 is 2.04 bits per heavy atom. The van der Waals surface area contributed by atoms with Gasteiger partial charge in [-0.25, -0.2) is 14.8 Å². The van der Waals surface area contributed by atoms with Crippen molar-refractivity contribution in [3.05, 3.63) is 65.6 Å². The fourth-order valence-corrected chi connectivity index (χ4v) is 3.14. The number of amides is 2. The number of fused-ring (bicyclic) bond motifs is 1. The minimum atomic E-state index is -0.346. The van der Waals surface area contributed by atoms with Crippen LogP contribution in [0.5, 0.6) is 0 Å². The largest absolute Gasteiger partial charge is 0.382 e. The van der Waals surface area contributed by atoms with Gasteiger partial charge in [0.1, 0.15) is 6.07 Å².